The van der Waals surface area contributed by atoms with Crippen LogP contribution in [0.25, 0.3) is 0 Å². The zero-order valence-corrected chi connectivity index (χ0v) is 13.2. The van der Waals surface area contributed by atoms with E-state index in [1.807, 2.05) is 0 Å². The Balaban J connectivity index is 2.38. The van der Waals surface area contributed by atoms with E-state index in [0.717, 1.165) is 12.3 Å². The average molecular weight is 382 g/mol. The minimum Gasteiger partial charge on any atom is -0.434 e. The number of hydrogen-bond acceptors (Lipinski definition) is 5. The predicted molar refractivity (Wildman–Crippen MR) is 80.2 cm³/mol. The van der Waals surface area contributed by atoms with Crippen molar-refractivity contribution in [3.8, 4) is 17.4 Å². The summed E-state index contributed by atoms with van der Waals surface area (Å²) in [6.45, 7) is -3.01. The first-order valence-corrected chi connectivity index (χ1v) is 6.89. The van der Waals surface area contributed by atoms with Crippen LogP contribution in [0.3, 0.4) is 0 Å². The summed E-state index contributed by atoms with van der Waals surface area (Å²) >= 11 is 17.7. The maximum absolute atomic E-state index is 12.1. The third-order valence-electron chi connectivity index (χ3n) is 2.36. The summed E-state index contributed by atoms with van der Waals surface area (Å²) in [5, 5.41) is 0.142. The van der Waals surface area contributed by atoms with Gasteiger partial charge in [-0.1, -0.05) is 34.8 Å². The molecule has 0 saturated heterocycles. The first kappa shape index (κ1) is 17.4. The number of isocyanates is 1. The van der Waals surface area contributed by atoms with E-state index < -0.39 is 6.61 Å². The minimum absolute atomic E-state index is 0.00303. The van der Waals surface area contributed by atoms with E-state index in [1.165, 1.54) is 18.2 Å². The summed E-state index contributed by atoms with van der Waals surface area (Å²) in [6, 6.07) is 3.75. The van der Waals surface area contributed by atoms with Crippen LogP contribution in [0, 0.1) is 0 Å². The van der Waals surface area contributed by atoms with Crippen molar-refractivity contribution in [1.82, 2.24) is 4.98 Å². The first-order valence-electron chi connectivity index (χ1n) is 5.76. The van der Waals surface area contributed by atoms with Crippen molar-refractivity contribution in [3.63, 3.8) is 0 Å². The van der Waals surface area contributed by atoms with E-state index >= 15 is 0 Å². The maximum Gasteiger partial charge on any atom is 0.387 e. The summed E-state index contributed by atoms with van der Waals surface area (Å²) in [5.41, 5.74) is 0.00303. The smallest absolute Gasteiger partial charge is 0.387 e. The van der Waals surface area contributed by atoms with Crippen molar-refractivity contribution in [2.45, 2.75) is 6.61 Å². The van der Waals surface area contributed by atoms with Crippen LogP contribution in [0.5, 0.6) is 17.4 Å². The van der Waals surface area contributed by atoms with Crippen molar-refractivity contribution in [2.75, 3.05) is 0 Å². The normalized spacial score (nSPS) is 10.3. The van der Waals surface area contributed by atoms with Gasteiger partial charge >= 0.3 is 6.61 Å². The molecule has 0 unspecified atom stereocenters. The maximum atomic E-state index is 12.1. The Hall–Kier alpha value is -1.92. The quantitative estimate of drug-likeness (QED) is 0.514. The summed E-state index contributed by atoms with van der Waals surface area (Å²) in [5.74, 6) is -0.443. The number of aromatic nitrogens is 1. The van der Waals surface area contributed by atoms with E-state index in [9.17, 15) is 13.6 Å². The van der Waals surface area contributed by atoms with Crippen molar-refractivity contribution in [2.24, 2.45) is 4.99 Å². The lowest BCUT2D eigenvalue weighted by Gasteiger charge is -2.11. The number of ether oxygens (including phenoxy) is 2. The molecule has 1 heterocycles. The van der Waals surface area contributed by atoms with Crippen LogP contribution in [0.2, 0.25) is 15.1 Å². The fraction of sp³-hybridized carbons (Fsp3) is 0.0769. The molecule has 0 spiro atoms. The van der Waals surface area contributed by atoms with Gasteiger partial charge in [0.1, 0.15) is 16.5 Å². The van der Waals surface area contributed by atoms with Gasteiger partial charge in [-0.2, -0.15) is 13.8 Å². The molecule has 5 nitrogen and oxygen atoms in total. The van der Waals surface area contributed by atoms with Gasteiger partial charge in [-0.05, 0) is 12.1 Å². The average Bonchev–Trinajstić information content (AvgIpc) is 2.44. The van der Waals surface area contributed by atoms with Gasteiger partial charge in [-0.25, -0.2) is 9.78 Å². The highest BCUT2D eigenvalue weighted by Crippen LogP contribution is 2.42. The van der Waals surface area contributed by atoms with Crippen LogP contribution in [-0.2, 0) is 4.79 Å². The lowest BCUT2D eigenvalue weighted by atomic mass is 10.3. The standard InChI is InChI=1S/C13H5Cl3F2N2O3/c14-6-1-8(15)11(10(2-6)20-5-21)23-12-9(16)3-7(4-19-12)22-13(17)18/h1-4,13H. The van der Waals surface area contributed by atoms with Crippen molar-refractivity contribution >= 4 is 46.6 Å². The number of alkyl halides is 2. The molecule has 0 bridgehead atoms. The molecule has 120 valence electrons. The van der Waals surface area contributed by atoms with Gasteiger partial charge in [0.25, 0.3) is 0 Å². The number of pyridine rings is 1. The van der Waals surface area contributed by atoms with Crippen LogP contribution in [-0.4, -0.2) is 17.7 Å². The molecule has 2 aromatic rings. The van der Waals surface area contributed by atoms with Gasteiger partial charge in [0.05, 0.1) is 11.2 Å². The SMILES string of the molecule is O=C=Nc1cc(Cl)cc(Cl)c1Oc1ncc(OC(F)F)cc1Cl. The van der Waals surface area contributed by atoms with Crippen LogP contribution in [0.1, 0.15) is 0 Å². The molecule has 0 amide bonds. The Labute approximate surface area is 143 Å². The van der Waals surface area contributed by atoms with Crippen molar-refractivity contribution < 1.29 is 23.0 Å². The summed E-state index contributed by atoms with van der Waals surface area (Å²) in [6.07, 6.45) is 2.32. The second kappa shape index (κ2) is 7.57. The fourth-order valence-corrected chi connectivity index (χ4v) is 2.24. The van der Waals surface area contributed by atoms with Crippen molar-refractivity contribution in [3.05, 3.63) is 39.5 Å². The Morgan fingerprint density at radius 3 is 2.52 bits per heavy atom. The van der Waals surface area contributed by atoms with Gasteiger partial charge in [-0.15, -0.1) is 0 Å². The molecule has 23 heavy (non-hydrogen) atoms. The zero-order chi connectivity index (χ0) is 17.0. The van der Waals surface area contributed by atoms with Crippen LogP contribution >= 0.6 is 34.8 Å². The molecule has 0 aliphatic carbocycles. The van der Waals surface area contributed by atoms with E-state index in [4.69, 9.17) is 39.5 Å². The lowest BCUT2D eigenvalue weighted by molar-refractivity contribution is -0.0501. The molecular formula is C13H5Cl3F2N2O3. The molecule has 0 radical (unpaired) electrons. The number of benzene rings is 1. The fourth-order valence-electron chi connectivity index (χ4n) is 1.53. The number of nitrogens with zero attached hydrogens (tertiary/aromatic N) is 2. The first-order chi connectivity index (χ1) is 10.9. The molecule has 1 aromatic carbocycles. The van der Waals surface area contributed by atoms with Gasteiger partial charge in [-0.3, -0.25) is 0 Å². The van der Waals surface area contributed by atoms with E-state index in [-0.39, 0.29) is 38.1 Å². The molecule has 0 fully saturated rings. The van der Waals surface area contributed by atoms with Crippen molar-refractivity contribution in [1.29, 1.82) is 0 Å². The van der Waals surface area contributed by atoms with Crippen LogP contribution in [0.15, 0.2) is 29.4 Å². The number of halogens is 5. The highest BCUT2D eigenvalue weighted by molar-refractivity contribution is 6.36. The Morgan fingerprint density at radius 1 is 1.17 bits per heavy atom. The number of carbonyl (C=O) groups excluding carboxylic acids is 1. The molecule has 1 aromatic heterocycles. The Bertz CT molecular complexity index is 783. The monoisotopic (exact) mass is 380 g/mol. The van der Waals surface area contributed by atoms with Crippen LogP contribution in [0.4, 0.5) is 14.5 Å². The number of rotatable bonds is 5. The number of aliphatic imine (C=N–C) groups is 1. The second-order valence-corrected chi connectivity index (χ2v) is 5.13. The molecule has 0 saturated carbocycles. The third kappa shape index (κ3) is 4.53. The largest absolute Gasteiger partial charge is 0.434 e. The van der Waals surface area contributed by atoms with Gasteiger partial charge in [0.15, 0.2) is 5.75 Å². The molecule has 0 N–H and O–H groups in total. The second-order valence-electron chi connectivity index (χ2n) is 3.88. The minimum atomic E-state index is -3.01. The molecule has 0 aliphatic heterocycles. The summed E-state index contributed by atoms with van der Waals surface area (Å²) < 4.78 is 33.8. The molecule has 0 aliphatic rings. The predicted octanol–water partition coefficient (Wildman–Crippen LogP) is 5.40. The molecule has 10 heteroatoms. The summed E-state index contributed by atoms with van der Waals surface area (Å²) in [7, 11) is 0. The van der Waals surface area contributed by atoms with E-state index in [1.54, 1.807) is 0 Å². The third-order valence-corrected chi connectivity index (χ3v) is 3.13. The highest BCUT2D eigenvalue weighted by atomic mass is 35.5. The van der Waals surface area contributed by atoms with Gasteiger partial charge < -0.3 is 9.47 Å². The Morgan fingerprint density at radius 2 is 1.91 bits per heavy atom. The van der Waals surface area contributed by atoms with Gasteiger partial charge in [0.2, 0.25) is 12.0 Å². The lowest BCUT2D eigenvalue weighted by Crippen LogP contribution is -2.02. The van der Waals surface area contributed by atoms with E-state index in [0.29, 0.717) is 0 Å². The zero-order valence-electron chi connectivity index (χ0n) is 10.9. The molecule has 2 rings (SSSR count). The molecule has 0 atom stereocenters. The topological polar surface area (TPSA) is 60.8 Å². The number of hydrogen-bond donors (Lipinski definition) is 0. The highest BCUT2D eigenvalue weighted by Gasteiger charge is 2.16. The summed E-state index contributed by atoms with van der Waals surface area (Å²) in [4.78, 5) is 17.6. The van der Waals surface area contributed by atoms with Crippen LogP contribution < -0.4 is 9.47 Å². The Kier molecular flexibility index (Phi) is 5.74. The van der Waals surface area contributed by atoms with Gasteiger partial charge in [0, 0.05) is 11.1 Å². The molecular weight excluding hydrogens is 377 g/mol. The van der Waals surface area contributed by atoms with E-state index in [2.05, 4.69) is 14.7 Å².